The molecule has 0 fully saturated rings. The first kappa shape index (κ1) is 22.7. The Labute approximate surface area is 187 Å². The highest BCUT2D eigenvalue weighted by atomic mass is 16.5. The fraction of sp³-hybridized carbons (Fsp3) is 0.261. The molecule has 0 spiro atoms. The van der Waals surface area contributed by atoms with Crippen LogP contribution in [0.2, 0.25) is 0 Å². The molecule has 3 aromatic rings. The highest BCUT2D eigenvalue weighted by molar-refractivity contribution is 6.11. The lowest BCUT2D eigenvalue weighted by atomic mass is 10.0. The zero-order valence-electron chi connectivity index (χ0n) is 18.7. The summed E-state index contributed by atoms with van der Waals surface area (Å²) in [5.41, 5.74) is 2.90. The number of ether oxygens (including phenoxy) is 1. The van der Waals surface area contributed by atoms with Gasteiger partial charge in [-0.1, -0.05) is 12.6 Å². The Morgan fingerprint density at radius 3 is 2.56 bits per heavy atom. The molecule has 2 aromatic heterocycles. The van der Waals surface area contributed by atoms with Gasteiger partial charge in [0.15, 0.2) is 0 Å². The summed E-state index contributed by atoms with van der Waals surface area (Å²) in [5.74, 6) is -1.16. The number of benzene rings is 1. The van der Waals surface area contributed by atoms with Crippen LogP contribution in [0.3, 0.4) is 0 Å². The number of hydrogen-bond donors (Lipinski definition) is 1. The second-order valence-electron chi connectivity index (χ2n) is 7.49. The van der Waals surface area contributed by atoms with E-state index in [-0.39, 0.29) is 13.9 Å². The highest BCUT2D eigenvalue weighted by Crippen LogP contribution is 2.32. The van der Waals surface area contributed by atoms with Crippen molar-refractivity contribution in [2.45, 2.75) is 13.8 Å². The van der Waals surface area contributed by atoms with E-state index >= 15 is 0 Å². The molecular formula is C23H27N5O4. The molecule has 0 radical (unpaired) electrons. The van der Waals surface area contributed by atoms with Gasteiger partial charge in [-0.15, -0.1) is 0 Å². The number of carbonyl (C=O) groups excluding carboxylic acids is 3. The van der Waals surface area contributed by atoms with Gasteiger partial charge >= 0.3 is 5.97 Å². The molecule has 32 heavy (non-hydrogen) atoms. The molecule has 0 saturated carbocycles. The minimum absolute atomic E-state index is 0. The minimum atomic E-state index is -0.482. The van der Waals surface area contributed by atoms with Gasteiger partial charge in [0.05, 0.1) is 34.5 Å². The van der Waals surface area contributed by atoms with Gasteiger partial charge in [0.1, 0.15) is 12.0 Å². The van der Waals surface area contributed by atoms with Crippen LogP contribution in [-0.2, 0) is 16.6 Å². The average molecular weight is 438 g/mol. The first-order valence-corrected chi connectivity index (χ1v) is 9.95. The summed E-state index contributed by atoms with van der Waals surface area (Å²) in [6.45, 7) is 7.20. The van der Waals surface area contributed by atoms with E-state index in [1.165, 1.54) is 11.2 Å². The quantitative estimate of drug-likeness (QED) is 0.469. The number of nitrogens with one attached hydrogen (secondary N) is 1. The van der Waals surface area contributed by atoms with Crippen molar-refractivity contribution in [2.24, 2.45) is 7.05 Å². The van der Waals surface area contributed by atoms with Gasteiger partial charge in [-0.25, -0.2) is 14.8 Å². The summed E-state index contributed by atoms with van der Waals surface area (Å²) >= 11 is 0. The Morgan fingerprint density at radius 1 is 1.22 bits per heavy atom. The summed E-state index contributed by atoms with van der Waals surface area (Å²) in [6, 6.07) is 4.99. The average Bonchev–Trinajstić information content (AvgIpc) is 3.10. The van der Waals surface area contributed by atoms with E-state index in [1.807, 2.05) is 0 Å². The van der Waals surface area contributed by atoms with Crippen molar-refractivity contribution >= 4 is 34.5 Å². The van der Waals surface area contributed by atoms with E-state index in [2.05, 4.69) is 21.9 Å². The number of aromatic nitrogens is 3. The van der Waals surface area contributed by atoms with E-state index in [9.17, 15) is 14.4 Å². The molecule has 1 aromatic carbocycles. The van der Waals surface area contributed by atoms with E-state index in [4.69, 9.17) is 4.74 Å². The summed E-state index contributed by atoms with van der Waals surface area (Å²) in [5, 5.41) is 3.27. The molecule has 0 aliphatic rings. The number of aryl methyl sites for hydroxylation is 1. The topological polar surface area (TPSA) is 106 Å². The molecule has 3 rings (SSSR count). The van der Waals surface area contributed by atoms with Crippen molar-refractivity contribution in [1.82, 2.24) is 19.4 Å². The van der Waals surface area contributed by atoms with Gasteiger partial charge < -0.3 is 19.5 Å². The number of anilines is 1. The molecule has 2 heterocycles. The Kier molecular flexibility index (Phi) is 6.38. The third kappa shape index (κ3) is 4.22. The molecule has 0 unspecified atom stereocenters. The van der Waals surface area contributed by atoms with Crippen LogP contribution in [-0.4, -0.2) is 57.9 Å². The van der Waals surface area contributed by atoms with E-state index in [0.29, 0.717) is 44.7 Å². The third-order valence-corrected chi connectivity index (χ3v) is 4.81. The molecule has 0 atom stereocenters. The normalized spacial score (nSPS) is 10.7. The van der Waals surface area contributed by atoms with Crippen LogP contribution in [0.4, 0.5) is 5.69 Å². The van der Waals surface area contributed by atoms with Crippen LogP contribution in [0.5, 0.6) is 0 Å². The van der Waals surface area contributed by atoms with Gasteiger partial charge in [-0.3, -0.25) is 9.59 Å². The van der Waals surface area contributed by atoms with Crippen LogP contribution >= 0.6 is 0 Å². The van der Waals surface area contributed by atoms with E-state index < -0.39 is 11.9 Å². The van der Waals surface area contributed by atoms with Gasteiger partial charge in [0, 0.05) is 39.9 Å². The van der Waals surface area contributed by atoms with Crippen molar-refractivity contribution in [3.63, 3.8) is 0 Å². The Hall–Kier alpha value is -4.01. The Balaban J connectivity index is 0.00000385. The fourth-order valence-electron chi connectivity index (χ4n) is 3.24. The highest BCUT2D eigenvalue weighted by Gasteiger charge is 2.22. The van der Waals surface area contributed by atoms with Gasteiger partial charge in [-0.05, 0) is 26.0 Å². The predicted octanol–water partition coefficient (Wildman–Crippen LogP) is 3.27. The maximum absolute atomic E-state index is 12.7. The summed E-state index contributed by atoms with van der Waals surface area (Å²) < 4.78 is 6.92. The number of carbonyl (C=O) groups is 3. The van der Waals surface area contributed by atoms with Crippen molar-refractivity contribution in [3.8, 4) is 11.3 Å². The predicted molar refractivity (Wildman–Crippen MR) is 123 cm³/mol. The largest absolute Gasteiger partial charge is 0.462 e. The summed E-state index contributed by atoms with van der Waals surface area (Å²) in [4.78, 5) is 47.6. The fourth-order valence-corrected chi connectivity index (χ4v) is 3.24. The first-order chi connectivity index (χ1) is 15.1. The third-order valence-electron chi connectivity index (χ3n) is 4.81. The van der Waals surface area contributed by atoms with Crippen molar-refractivity contribution in [3.05, 3.63) is 54.0 Å². The molecule has 1 N–H and O–H groups in total. The Bertz CT molecular complexity index is 1250. The van der Waals surface area contributed by atoms with Crippen molar-refractivity contribution in [2.75, 3.05) is 26.0 Å². The number of nitrogens with zero attached hydrogens (tertiary/aromatic N) is 4. The molecular weight excluding hydrogens is 410 g/mol. The second-order valence-corrected chi connectivity index (χ2v) is 7.49. The van der Waals surface area contributed by atoms with Crippen molar-refractivity contribution in [1.29, 1.82) is 0 Å². The SMILES string of the molecule is C=C(C)C(=O)Nc1cc(-c2ncnc3c2c(C(=O)OCC)cn3C)ccc1C(=O)N(C)C.[HH]. The zero-order valence-corrected chi connectivity index (χ0v) is 18.7. The molecule has 168 valence electrons. The zero-order chi connectivity index (χ0) is 23.6. The molecule has 0 aliphatic heterocycles. The second kappa shape index (κ2) is 9.01. The van der Waals surface area contributed by atoms with Crippen LogP contribution < -0.4 is 5.32 Å². The number of rotatable bonds is 6. The first-order valence-electron chi connectivity index (χ1n) is 9.95. The molecule has 0 aliphatic carbocycles. The van der Waals surface area contributed by atoms with Gasteiger partial charge in [0.25, 0.3) is 11.8 Å². The molecule has 2 amide bonds. The molecule has 0 saturated heterocycles. The summed E-state index contributed by atoms with van der Waals surface area (Å²) in [6.07, 6.45) is 3.05. The number of amides is 2. The van der Waals surface area contributed by atoms with Crippen LogP contribution in [0.15, 0.2) is 42.9 Å². The number of hydrogen-bond acceptors (Lipinski definition) is 6. The van der Waals surface area contributed by atoms with Gasteiger partial charge in [0.2, 0.25) is 0 Å². The number of fused-ring (bicyclic) bond motifs is 1. The number of esters is 1. The smallest absolute Gasteiger partial charge is 0.340 e. The minimum Gasteiger partial charge on any atom is -0.462 e. The lowest BCUT2D eigenvalue weighted by Gasteiger charge is -2.16. The molecule has 9 nitrogen and oxygen atoms in total. The molecule has 9 heteroatoms. The lowest BCUT2D eigenvalue weighted by molar-refractivity contribution is -0.112. The molecule has 0 bridgehead atoms. The van der Waals surface area contributed by atoms with E-state index in [1.54, 1.807) is 64.0 Å². The maximum Gasteiger partial charge on any atom is 0.340 e. The summed E-state index contributed by atoms with van der Waals surface area (Å²) in [7, 11) is 5.04. The van der Waals surface area contributed by atoms with Crippen LogP contribution in [0.1, 0.15) is 36.0 Å². The van der Waals surface area contributed by atoms with E-state index in [0.717, 1.165) is 0 Å². The van der Waals surface area contributed by atoms with Gasteiger partial charge in [-0.2, -0.15) is 0 Å². The van der Waals surface area contributed by atoms with Crippen LogP contribution in [0.25, 0.3) is 22.3 Å². The standard InChI is InChI=1S/C23H25N5O4.H2/c1-7-32-23(31)16-11-28(6)20-18(16)19(24-12-25-20)14-8-9-15(22(30)27(4)5)17(10-14)26-21(29)13(2)3;/h8-12H,2,7H2,1,3-6H3,(H,26,29);1H. The monoisotopic (exact) mass is 437 g/mol. The maximum atomic E-state index is 12.7. The van der Waals surface area contributed by atoms with Crippen molar-refractivity contribution < 1.29 is 20.5 Å². The Morgan fingerprint density at radius 2 is 1.94 bits per heavy atom. The van der Waals surface area contributed by atoms with Crippen LogP contribution in [0, 0.1) is 0 Å². The lowest BCUT2D eigenvalue weighted by Crippen LogP contribution is -2.24.